The van der Waals surface area contributed by atoms with E-state index in [1.165, 1.54) is 63.5 Å². The van der Waals surface area contributed by atoms with Gasteiger partial charge in [-0.15, -0.1) is 0 Å². The SMILES string of the molecule is CC1SCCC1(C)C1CCCCCCCC1. The molecule has 16 heavy (non-hydrogen) atoms. The van der Waals surface area contributed by atoms with Gasteiger partial charge in [-0.1, -0.05) is 52.4 Å². The third kappa shape index (κ3) is 2.78. The molecule has 2 atom stereocenters. The Labute approximate surface area is 106 Å². The second-order valence-electron chi connectivity index (χ2n) is 6.16. The van der Waals surface area contributed by atoms with Crippen molar-refractivity contribution < 1.29 is 0 Å². The van der Waals surface area contributed by atoms with Crippen LogP contribution in [0.2, 0.25) is 0 Å². The zero-order chi connectivity index (χ0) is 11.4. The molecule has 1 aliphatic carbocycles. The summed E-state index contributed by atoms with van der Waals surface area (Å²) in [5, 5.41) is 0.901. The second-order valence-corrected chi connectivity index (χ2v) is 7.61. The van der Waals surface area contributed by atoms with E-state index in [-0.39, 0.29) is 0 Å². The van der Waals surface area contributed by atoms with Crippen molar-refractivity contribution >= 4 is 11.8 Å². The second kappa shape index (κ2) is 5.80. The molecule has 0 aromatic heterocycles. The van der Waals surface area contributed by atoms with Crippen LogP contribution < -0.4 is 0 Å². The Morgan fingerprint density at radius 3 is 2.00 bits per heavy atom. The minimum Gasteiger partial charge on any atom is -0.158 e. The Bertz CT molecular complexity index is 203. The Morgan fingerprint density at radius 2 is 1.50 bits per heavy atom. The molecule has 0 N–H and O–H groups in total. The summed E-state index contributed by atoms with van der Waals surface area (Å²) in [5.74, 6) is 2.43. The van der Waals surface area contributed by atoms with Crippen LogP contribution in [0.25, 0.3) is 0 Å². The van der Waals surface area contributed by atoms with Crippen LogP contribution in [0.3, 0.4) is 0 Å². The monoisotopic (exact) mass is 240 g/mol. The number of hydrogen-bond donors (Lipinski definition) is 0. The molecule has 0 amide bonds. The molecule has 0 nitrogen and oxygen atoms in total. The molecule has 2 fully saturated rings. The first-order chi connectivity index (χ1) is 7.73. The highest BCUT2D eigenvalue weighted by atomic mass is 32.2. The summed E-state index contributed by atoms with van der Waals surface area (Å²) in [6.07, 6.45) is 13.5. The summed E-state index contributed by atoms with van der Waals surface area (Å²) in [5.41, 5.74) is 0.662. The highest BCUT2D eigenvalue weighted by Crippen LogP contribution is 2.51. The maximum atomic E-state index is 2.58. The predicted octanol–water partition coefficient (Wildman–Crippen LogP) is 5.27. The van der Waals surface area contributed by atoms with Gasteiger partial charge in [-0.2, -0.15) is 11.8 Å². The van der Waals surface area contributed by atoms with Gasteiger partial charge in [0.2, 0.25) is 0 Å². The third-order valence-corrected chi connectivity index (χ3v) is 6.70. The van der Waals surface area contributed by atoms with E-state index >= 15 is 0 Å². The van der Waals surface area contributed by atoms with E-state index in [1.54, 1.807) is 0 Å². The van der Waals surface area contributed by atoms with E-state index < -0.39 is 0 Å². The summed E-state index contributed by atoms with van der Waals surface area (Å²) >= 11 is 2.22. The molecule has 0 aromatic carbocycles. The molecule has 1 saturated carbocycles. The lowest BCUT2D eigenvalue weighted by Gasteiger charge is -2.37. The Hall–Kier alpha value is 0.350. The van der Waals surface area contributed by atoms with Crippen LogP contribution in [0.5, 0.6) is 0 Å². The van der Waals surface area contributed by atoms with Gasteiger partial charge in [0.25, 0.3) is 0 Å². The van der Waals surface area contributed by atoms with Crippen LogP contribution in [0.15, 0.2) is 0 Å². The highest BCUT2D eigenvalue weighted by molar-refractivity contribution is 8.00. The van der Waals surface area contributed by atoms with Crippen LogP contribution >= 0.6 is 11.8 Å². The molecular formula is C15H28S. The molecule has 2 rings (SSSR count). The van der Waals surface area contributed by atoms with E-state index in [9.17, 15) is 0 Å². The summed E-state index contributed by atoms with van der Waals surface area (Å²) in [6.45, 7) is 5.06. The molecule has 1 saturated heterocycles. The van der Waals surface area contributed by atoms with E-state index in [0.717, 1.165) is 11.2 Å². The molecule has 0 radical (unpaired) electrons. The molecule has 1 heteroatoms. The van der Waals surface area contributed by atoms with Gasteiger partial charge in [0, 0.05) is 5.25 Å². The van der Waals surface area contributed by atoms with Crippen molar-refractivity contribution in [1.82, 2.24) is 0 Å². The van der Waals surface area contributed by atoms with Crippen LogP contribution in [0, 0.1) is 11.3 Å². The predicted molar refractivity (Wildman–Crippen MR) is 75.1 cm³/mol. The van der Waals surface area contributed by atoms with Gasteiger partial charge in [-0.05, 0) is 36.3 Å². The topological polar surface area (TPSA) is 0 Å². The molecule has 1 heterocycles. The van der Waals surface area contributed by atoms with Crippen LogP contribution in [-0.2, 0) is 0 Å². The molecule has 2 aliphatic rings. The Balaban J connectivity index is 1.98. The quantitative estimate of drug-likeness (QED) is 0.602. The minimum atomic E-state index is 0.662. The van der Waals surface area contributed by atoms with Crippen LogP contribution in [-0.4, -0.2) is 11.0 Å². The summed E-state index contributed by atoms with van der Waals surface area (Å²) < 4.78 is 0. The van der Waals surface area contributed by atoms with Gasteiger partial charge in [0.15, 0.2) is 0 Å². The first-order valence-electron chi connectivity index (χ1n) is 7.35. The summed E-state index contributed by atoms with van der Waals surface area (Å²) in [6, 6.07) is 0. The van der Waals surface area contributed by atoms with E-state index in [0.29, 0.717) is 5.41 Å². The van der Waals surface area contributed by atoms with E-state index in [4.69, 9.17) is 0 Å². The smallest absolute Gasteiger partial charge is 0.00754 e. The van der Waals surface area contributed by atoms with Crippen LogP contribution in [0.1, 0.15) is 71.6 Å². The molecule has 0 spiro atoms. The molecular weight excluding hydrogens is 212 g/mol. The first-order valence-corrected chi connectivity index (χ1v) is 8.40. The average molecular weight is 240 g/mol. The van der Waals surface area contributed by atoms with E-state index in [1.807, 2.05) is 0 Å². The largest absolute Gasteiger partial charge is 0.158 e. The standard InChI is InChI=1S/C15H28S/c1-13-15(2,11-12-16-13)14-9-7-5-3-4-6-8-10-14/h13-14H,3-12H2,1-2H3. The maximum Gasteiger partial charge on any atom is 0.00754 e. The fraction of sp³-hybridized carbons (Fsp3) is 1.00. The van der Waals surface area contributed by atoms with Gasteiger partial charge in [-0.25, -0.2) is 0 Å². The lowest BCUT2D eigenvalue weighted by Crippen LogP contribution is -2.32. The Morgan fingerprint density at radius 1 is 0.938 bits per heavy atom. The van der Waals surface area contributed by atoms with Gasteiger partial charge in [0.1, 0.15) is 0 Å². The molecule has 1 aliphatic heterocycles. The van der Waals surface area contributed by atoms with Crippen molar-refractivity contribution in [1.29, 1.82) is 0 Å². The summed E-state index contributed by atoms with van der Waals surface area (Å²) in [4.78, 5) is 0. The Kier molecular flexibility index (Phi) is 4.64. The van der Waals surface area contributed by atoms with Gasteiger partial charge in [-0.3, -0.25) is 0 Å². The van der Waals surface area contributed by atoms with Crippen molar-refractivity contribution in [2.75, 3.05) is 5.75 Å². The number of rotatable bonds is 1. The fourth-order valence-electron chi connectivity index (χ4n) is 3.68. The van der Waals surface area contributed by atoms with Crippen molar-refractivity contribution in [2.24, 2.45) is 11.3 Å². The molecule has 2 unspecified atom stereocenters. The zero-order valence-corrected chi connectivity index (χ0v) is 12.0. The van der Waals surface area contributed by atoms with E-state index in [2.05, 4.69) is 25.6 Å². The maximum absolute atomic E-state index is 2.58. The fourth-order valence-corrected chi connectivity index (χ4v) is 5.28. The van der Waals surface area contributed by atoms with Crippen LogP contribution in [0.4, 0.5) is 0 Å². The highest BCUT2D eigenvalue weighted by Gasteiger charge is 2.42. The lowest BCUT2D eigenvalue weighted by atomic mass is 9.69. The van der Waals surface area contributed by atoms with Crippen molar-refractivity contribution in [3.8, 4) is 0 Å². The van der Waals surface area contributed by atoms with Gasteiger partial charge in [0.05, 0.1) is 0 Å². The van der Waals surface area contributed by atoms with Crippen molar-refractivity contribution in [2.45, 2.75) is 76.9 Å². The average Bonchev–Trinajstić information content (AvgIpc) is 2.67. The zero-order valence-electron chi connectivity index (χ0n) is 11.1. The minimum absolute atomic E-state index is 0.662. The first kappa shape index (κ1) is 12.8. The number of thioether (sulfide) groups is 1. The van der Waals surface area contributed by atoms with Gasteiger partial charge >= 0.3 is 0 Å². The summed E-state index contributed by atoms with van der Waals surface area (Å²) in [7, 11) is 0. The molecule has 94 valence electrons. The van der Waals surface area contributed by atoms with Crippen molar-refractivity contribution in [3.63, 3.8) is 0 Å². The molecule has 0 aromatic rings. The van der Waals surface area contributed by atoms with Gasteiger partial charge < -0.3 is 0 Å². The normalized spacial score (nSPS) is 39.0. The van der Waals surface area contributed by atoms with Crippen molar-refractivity contribution in [3.05, 3.63) is 0 Å². The number of hydrogen-bond acceptors (Lipinski definition) is 1. The lowest BCUT2D eigenvalue weighted by molar-refractivity contribution is 0.161. The third-order valence-electron chi connectivity index (χ3n) is 5.23. The molecule has 0 bridgehead atoms.